The van der Waals surface area contributed by atoms with Gasteiger partial charge in [0.1, 0.15) is 0 Å². The number of anilines is 3. The molecule has 2 aromatic heterocycles. The molecule has 0 aliphatic heterocycles. The summed E-state index contributed by atoms with van der Waals surface area (Å²) in [6.45, 7) is 5.17. The summed E-state index contributed by atoms with van der Waals surface area (Å²) in [5.74, 6) is 1.06. The van der Waals surface area contributed by atoms with Crippen molar-refractivity contribution in [1.29, 1.82) is 0 Å². The predicted molar refractivity (Wildman–Crippen MR) is 117 cm³/mol. The number of nitrogens with zero attached hydrogens (tertiary/aromatic N) is 6. The van der Waals surface area contributed by atoms with Gasteiger partial charge in [0.05, 0.1) is 16.4 Å². The summed E-state index contributed by atoms with van der Waals surface area (Å²) in [6.07, 6.45) is 0. The summed E-state index contributed by atoms with van der Waals surface area (Å²) in [7, 11) is 0. The molecular formula is C16H18BrN9O3S. The van der Waals surface area contributed by atoms with Crippen LogP contribution in [0, 0.1) is 10.1 Å². The molecule has 0 aliphatic carbocycles. The Bertz CT molecular complexity index is 1090. The highest BCUT2D eigenvalue weighted by molar-refractivity contribution is 9.10. The van der Waals surface area contributed by atoms with Gasteiger partial charge in [-0.2, -0.15) is 9.97 Å². The maximum Gasteiger partial charge on any atom is 0.270 e. The smallest absolute Gasteiger partial charge is 0.270 e. The molecule has 0 aliphatic rings. The molecule has 30 heavy (non-hydrogen) atoms. The highest BCUT2D eigenvalue weighted by Crippen LogP contribution is 2.28. The van der Waals surface area contributed by atoms with Crippen molar-refractivity contribution in [3.8, 4) is 0 Å². The number of nitro groups is 1. The van der Waals surface area contributed by atoms with E-state index < -0.39 is 4.92 Å². The second-order valence-corrected chi connectivity index (χ2v) is 7.60. The number of nitrogens with one attached hydrogen (secondary N) is 3. The number of hydrogen-bond acceptors (Lipinski definition) is 10. The van der Waals surface area contributed by atoms with Crippen LogP contribution in [0.5, 0.6) is 0 Å². The number of aromatic nitrogens is 5. The van der Waals surface area contributed by atoms with Crippen molar-refractivity contribution in [2.75, 3.05) is 34.8 Å². The van der Waals surface area contributed by atoms with Crippen LogP contribution >= 0.6 is 27.7 Å². The van der Waals surface area contributed by atoms with E-state index in [4.69, 9.17) is 0 Å². The standard InChI is InChI=1S/C16H18BrN9O3S/c1-3-18-13-21-14(19-4-2)25-15(22-13)23-24-16(25)30-8-12(27)20-11-6-5-9(26(28)29)7-10(11)17/h5-7H,3-4,8H2,1-2H3,(H,20,27)(H2,18,19,21,22,23). The molecule has 158 valence electrons. The lowest BCUT2D eigenvalue weighted by atomic mass is 10.3. The van der Waals surface area contributed by atoms with Gasteiger partial charge in [0.15, 0.2) is 5.16 Å². The molecule has 0 saturated heterocycles. The Morgan fingerprint density at radius 1 is 1.23 bits per heavy atom. The van der Waals surface area contributed by atoms with Crippen molar-refractivity contribution < 1.29 is 9.72 Å². The average molecular weight is 496 g/mol. The number of thioether (sulfide) groups is 1. The van der Waals surface area contributed by atoms with E-state index in [0.29, 0.717) is 46.1 Å². The summed E-state index contributed by atoms with van der Waals surface area (Å²) in [6, 6.07) is 4.12. The molecular weight excluding hydrogens is 478 g/mol. The van der Waals surface area contributed by atoms with Gasteiger partial charge in [0.25, 0.3) is 11.5 Å². The van der Waals surface area contributed by atoms with Gasteiger partial charge in [-0.25, -0.2) is 4.40 Å². The Kier molecular flexibility index (Phi) is 6.99. The molecule has 2 heterocycles. The molecule has 3 rings (SSSR count). The molecule has 14 heteroatoms. The third-order valence-electron chi connectivity index (χ3n) is 3.69. The molecule has 0 atom stereocenters. The Labute approximate surface area is 183 Å². The highest BCUT2D eigenvalue weighted by atomic mass is 79.9. The molecule has 0 unspecified atom stereocenters. The maximum absolute atomic E-state index is 12.4. The Balaban J connectivity index is 1.74. The minimum absolute atomic E-state index is 0.0464. The molecule has 3 aromatic rings. The second-order valence-electron chi connectivity index (χ2n) is 5.81. The molecule has 0 spiro atoms. The summed E-state index contributed by atoms with van der Waals surface area (Å²) in [4.78, 5) is 31.4. The SMILES string of the molecule is CCNc1nc(NCC)n2c(SCC(=O)Nc3ccc([N+](=O)[O-])cc3Br)nnc2n1. The van der Waals surface area contributed by atoms with E-state index in [1.54, 1.807) is 4.40 Å². The van der Waals surface area contributed by atoms with Crippen LogP contribution in [0.1, 0.15) is 13.8 Å². The van der Waals surface area contributed by atoms with Crippen LogP contribution in [0.25, 0.3) is 5.78 Å². The van der Waals surface area contributed by atoms with E-state index in [2.05, 4.69) is 52.0 Å². The van der Waals surface area contributed by atoms with Gasteiger partial charge in [-0.1, -0.05) is 11.8 Å². The highest BCUT2D eigenvalue weighted by Gasteiger charge is 2.17. The van der Waals surface area contributed by atoms with E-state index in [-0.39, 0.29) is 17.3 Å². The first-order valence-electron chi connectivity index (χ1n) is 8.90. The quantitative estimate of drug-likeness (QED) is 0.229. The van der Waals surface area contributed by atoms with Gasteiger partial charge >= 0.3 is 0 Å². The molecule has 0 fully saturated rings. The lowest BCUT2D eigenvalue weighted by molar-refractivity contribution is -0.384. The third-order valence-corrected chi connectivity index (χ3v) is 5.27. The molecule has 12 nitrogen and oxygen atoms in total. The van der Waals surface area contributed by atoms with Crippen LogP contribution in [0.15, 0.2) is 27.8 Å². The zero-order valence-corrected chi connectivity index (χ0v) is 18.5. The van der Waals surface area contributed by atoms with Gasteiger partial charge < -0.3 is 16.0 Å². The Morgan fingerprint density at radius 3 is 2.67 bits per heavy atom. The fourth-order valence-electron chi connectivity index (χ4n) is 2.43. The van der Waals surface area contributed by atoms with E-state index in [0.717, 1.165) is 0 Å². The van der Waals surface area contributed by atoms with Gasteiger partial charge in [-0.3, -0.25) is 14.9 Å². The van der Waals surface area contributed by atoms with Crippen molar-refractivity contribution >= 4 is 62.6 Å². The fraction of sp³-hybridized carbons (Fsp3) is 0.312. The first kappa shape index (κ1) is 21.7. The average Bonchev–Trinajstić information content (AvgIpc) is 3.11. The van der Waals surface area contributed by atoms with Gasteiger partial charge in [-0.15, -0.1) is 10.2 Å². The zero-order chi connectivity index (χ0) is 21.7. The Hall–Kier alpha value is -3.00. The normalized spacial score (nSPS) is 10.8. The largest absolute Gasteiger partial charge is 0.355 e. The minimum Gasteiger partial charge on any atom is -0.355 e. The minimum atomic E-state index is -0.506. The summed E-state index contributed by atoms with van der Waals surface area (Å²) in [5, 5.41) is 28.3. The molecule has 0 saturated carbocycles. The van der Waals surface area contributed by atoms with Crippen LogP contribution in [0.2, 0.25) is 0 Å². The number of rotatable bonds is 9. The lowest BCUT2D eigenvalue weighted by Gasteiger charge is -2.10. The molecule has 1 aromatic carbocycles. The van der Waals surface area contributed by atoms with Gasteiger partial charge in [-0.05, 0) is 35.8 Å². The van der Waals surface area contributed by atoms with Crippen molar-refractivity contribution in [1.82, 2.24) is 24.6 Å². The number of fused-ring (bicyclic) bond motifs is 1. The van der Waals surface area contributed by atoms with Crippen LogP contribution in [-0.2, 0) is 4.79 Å². The van der Waals surface area contributed by atoms with Crippen molar-refractivity contribution in [2.24, 2.45) is 0 Å². The van der Waals surface area contributed by atoms with Crippen LogP contribution < -0.4 is 16.0 Å². The number of hydrogen-bond donors (Lipinski definition) is 3. The van der Waals surface area contributed by atoms with Crippen LogP contribution in [0.4, 0.5) is 23.3 Å². The number of carbonyl (C=O) groups is 1. The van der Waals surface area contributed by atoms with Crippen molar-refractivity contribution in [3.05, 3.63) is 32.8 Å². The monoisotopic (exact) mass is 495 g/mol. The second kappa shape index (κ2) is 9.67. The number of nitro benzene ring substituents is 1. The Morgan fingerprint density at radius 2 is 2.00 bits per heavy atom. The van der Waals surface area contributed by atoms with E-state index >= 15 is 0 Å². The lowest BCUT2D eigenvalue weighted by Crippen LogP contribution is -2.15. The summed E-state index contributed by atoms with van der Waals surface area (Å²) < 4.78 is 2.06. The topological polar surface area (TPSA) is 152 Å². The zero-order valence-electron chi connectivity index (χ0n) is 16.0. The molecule has 0 radical (unpaired) electrons. The van der Waals surface area contributed by atoms with Crippen molar-refractivity contribution in [3.63, 3.8) is 0 Å². The van der Waals surface area contributed by atoms with E-state index in [1.165, 1.54) is 30.0 Å². The number of benzene rings is 1. The molecule has 1 amide bonds. The van der Waals surface area contributed by atoms with Gasteiger partial charge in [0, 0.05) is 29.7 Å². The third kappa shape index (κ3) is 4.94. The summed E-state index contributed by atoms with van der Waals surface area (Å²) >= 11 is 4.40. The van der Waals surface area contributed by atoms with E-state index in [9.17, 15) is 14.9 Å². The maximum atomic E-state index is 12.4. The van der Waals surface area contributed by atoms with Crippen LogP contribution in [0.3, 0.4) is 0 Å². The number of amides is 1. The first-order valence-corrected chi connectivity index (χ1v) is 10.7. The van der Waals surface area contributed by atoms with Crippen molar-refractivity contribution in [2.45, 2.75) is 19.0 Å². The first-order chi connectivity index (χ1) is 14.4. The van der Waals surface area contributed by atoms with Crippen LogP contribution in [-0.4, -0.2) is 54.2 Å². The molecule has 0 bridgehead atoms. The predicted octanol–water partition coefficient (Wildman–Crippen LogP) is 2.78. The number of halogens is 1. The fourth-order valence-corrected chi connectivity index (χ4v) is 3.63. The van der Waals surface area contributed by atoms with Gasteiger partial charge in [0.2, 0.25) is 17.8 Å². The number of non-ortho nitro benzene ring substituents is 1. The summed E-state index contributed by atoms with van der Waals surface area (Å²) in [5.41, 5.74) is 0.362. The van der Waals surface area contributed by atoms with E-state index in [1.807, 2.05) is 13.8 Å². The molecule has 3 N–H and O–H groups in total. The number of carbonyl (C=O) groups excluding carboxylic acids is 1.